The lowest BCUT2D eigenvalue weighted by atomic mass is 10.0. The SMILES string of the molecule is C[C@H]1C[C@@H](Nc2cccc(-c3cnc4cnc(OCC(F)(F)F)cn34)n2)CCN1. The van der Waals surface area contributed by atoms with Crippen molar-refractivity contribution in [3.63, 3.8) is 0 Å². The molecule has 4 heterocycles. The van der Waals surface area contributed by atoms with Crippen molar-refractivity contribution in [3.8, 4) is 17.3 Å². The van der Waals surface area contributed by atoms with E-state index in [0.29, 0.717) is 29.1 Å². The highest BCUT2D eigenvalue weighted by Gasteiger charge is 2.28. The number of fused-ring (bicyclic) bond motifs is 1. The summed E-state index contributed by atoms with van der Waals surface area (Å²) in [6, 6.07) is 6.40. The number of hydrogen-bond donors (Lipinski definition) is 2. The van der Waals surface area contributed by atoms with Gasteiger partial charge < -0.3 is 15.4 Å². The molecule has 0 amide bonds. The fourth-order valence-corrected chi connectivity index (χ4v) is 3.42. The molecule has 0 spiro atoms. The van der Waals surface area contributed by atoms with E-state index in [1.165, 1.54) is 12.4 Å². The van der Waals surface area contributed by atoms with Crippen LogP contribution in [0.2, 0.25) is 0 Å². The first-order chi connectivity index (χ1) is 13.9. The Kier molecular flexibility index (Phi) is 5.27. The van der Waals surface area contributed by atoms with E-state index in [2.05, 4.69) is 32.5 Å². The maximum absolute atomic E-state index is 12.4. The Balaban J connectivity index is 1.57. The molecule has 0 bridgehead atoms. The van der Waals surface area contributed by atoms with Gasteiger partial charge in [-0.05, 0) is 38.4 Å². The molecular formula is C19H21F3N6O. The third-order valence-corrected chi connectivity index (χ3v) is 4.74. The Hall–Kier alpha value is -2.88. The van der Waals surface area contributed by atoms with Crippen molar-refractivity contribution in [2.75, 3.05) is 18.5 Å². The van der Waals surface area contributed by atoms with Gasteiger partial charge in [0, 0.05) is 12.1 Å². The molecule has 0 aliphatic carbocycles. The van der Waals surface area contributed by atoms with Crippen LogP contribution in [0, 0.1) is 0 Å². The zero-order chi connectivity index (χ0) is 20.4. The molecule has 0 saturated carbocycles. The minimum Gasteiger partial charge on any atom is -0.467 e. The molecule has 0 radical (unpaired) electrons. The molecule has 2 atom stereocenters. The van der Waals surface area contributed by atoms with Crippen molar-refractivity contribution in [2.24, 2.45) is 0 Å². The highest BCUT2D eigenvalue weighted by Crippen LogP contribution is 2.24. The number of imidazole rings is 1. The van der Waals surface area contributed by atoms with Gasteiger partial charge in [0.15, 0.2) is 12.3 Å². The van der Waals surface area contributed by atoms with Gasteiger partial charge in [0.05, 0.1) is 30.0 Å². The second kappa shape index (κ2) is 7.86. The zero-order valence-electron chi connectivity index (χ0n) is 15.8. The van der Waals surface area contributed by atoms with E-state index in [9.17, 15) is 13.2 Å². The number of pyridine rings is 1. The van der Waals surface area contributed by atoms with E-state index in [4.69, 9.17) is 4.74 Å². The summed E-state index contributed by atoms with van der Waals surface area (Å²) < 4.78 is 43.6. The molecule has 4 rings (SSSR count). The molecule has 1 saturated heterocycles. The molecule has 3 aromatic rings. The molecule has 3 aromatic heterocycles. The Morgan fingerprint density at radius 1 is 1.28 bits per heavy atom. The number of anilines is 1. The molecule has 29 heavy (non-hydrogen) atoms. The van der Waals surface area contributed by atoms with Crippen molar-refractivity contribution in [3.05, 3.63) is 36.8 Å². The van der Waals surface area contributed by atoms with Gasteiger partial charge in [-0.25, -0.2) is 15.0 Å². The molecule has 0 unspecified atom stereocenters. The van der Waals surface area contributed by atoms with Crippen LogP contribution in [0.4, 0.5) is 19.0 Å². The van der Waals surface area contributed by atoms with Crippen LogP contribution in [0.5, 0.6) is 5.88 Å². The molecule has 154 valence electrons. The zero-order valence-corrected chi connectivity index (χ0v) is 15.8. The van der Waals surface area contributed by atoms with Gasteiger partial charge in [-0.3, -0.25) is 4.40 Å². The molecule has 0 aromatic carbocycles. The fourth-order valence-electron chi connectivity index (χ4n) is 3.42. The lowest BCUT2D eigenvalue weighted by Crippen LogP contribution is -2.41. The van der Waals surface area contributed by atoms with E-state index < -0.39 is 12.8 Å². The summed E-state index contributed by atoms with van der Waals surface area (Å²) in [5.41, 5.74) is 1.78. The second-order valence-corrected chi connectivity index (χ2v) is 7.13. The predicted octanol–water partition coefficient (Wildman–Crippen LogP) is 3.28. The number of aromatic nitrogens is 4. The van der Waals surface area contributed by atoms with Crippen molar-refractivity contribution < 1.29 is 17.9 Å². The average Bonchev–Trinajstić information content (AvgIpc) is 3.09. The lowest BCUT2D eigenvalue weighted by molar-refractivity contribution is -0.154. The monoisotopic (exact) mass is 406 g/mol. The van der Waals surface area contributed by atoms with Crippen molar-refractivity contribution in [1.82, 2.24) is 24.7 Å². The van der Waals surface area contributed by atoms with E-state index in [0.717, 1.165) is 25.2 Å². The molecular weight excluding hydrogens is 385 g/mol. The van der Waals surface area contributed by atoms with Crippen LogP contribution in [-0.4, -0.2) is 50.8 Å². The van der Waals surface area contributed by atoms with Crippen LogP contribution in [0.15, 0.2) is 36.8 Å². The van der Waals surface area contributed by atoms with E-state index in [1.807, 2.05) is 18.2 Å². The van der Waals surface area contributed by atoms with Crippen molar-refractivity contribution in [1.29, 1.82) is 0 Å². The molecule has 1 aliphatic heterocycles. The van der Waals surface area contributed by atoms with Crippen LogP contribution < -0.4 is 15.4 Å². The number of hydrogen-bond acceptors (Lipinski definition) is 6. The molecule has 10 heteroatoms. The molecule has 1 aliphatic rings. The minimum atomic E-state index is -4.43. The maximum Gasteiger partial charge on any atom is 0.422 e. The van der Waals surface area contributed by atoms with Crippen LogP contribution in [0.3, 0.4) is 0 Å². The highest BCUT2D eigenvalue weighted by molar-refractivity contribution is 5.61. The Morgan fingerprint density at radius 3 is 2.93 bits per heavy atom. The standard InChI is InChI=1S/C19H21F3N6O/c1-12-7-13(5-6-23-12)26-16-4-2-3-14(27-16)15-8-24-17-9-25-18(10-28(15)17)29-11-19(20,21)22/h2-4,8-10,12-13,23H,5-7,11H2,1H3,(H,26,27)/t12-,13-/m0/s1. The largest absolute Gasteiger partial charge is 0.467 e. The number of halogens is 3. The summed E-state index contributed by atoms with van der Waals surface area (Å²) in [6.45, 7) is 1.71. The Morgan fingerprint density at radius 2 is 2.14 bits per heavy atom. The number of piperidine rings is 1. The van der Waals surface area contributed by atoms with Crippen LogP contribution in [0.1, 0.15) is 19.8 Å². The van der Waals surface area contributed by atoms with Gasteiger partial charge in [0.25, 0.3) is 0 Å². The van der Waals surface area contributed by atoms with Crippen LogP contribution in [-0.2, 0) is 0 Å². The Bertz CT molecular complexity index is 989. The fraction of sp³-hybridized carbons (Fsp3) is 0.421. The predicted molar refractivity (Wildman–Crippen MR) is 102 cm³/mol. The first-order valence-electron chi connectivity index (χ1n) is 9.37. The molecule has 2 N–H and O–H groups in total. The van der Waals surface area contributed by atoms with Crippen LogP contribution in [0.25, 0.3) is 17.0 Å². The average molecular weight is 406 g/mol. The molecule has 7 nitrogen and oxygen atoms in total. The summed E-state index contributed by atoms with van der Waals surface area (Å²) in [6.07, 6.45) is 1.96. The first-order valence-corrected chi connectivity index (χ1v) is 9.37. The van der Waals surface area contributed by atoms with E-state index in [1.54, 1.807) is 10.6 Å². The second-order valence-electron chi connectivity index (χ2n) is 7.13. The summed E-state index contributed by atoms with van der Waals surface area (Å²) >= 11 is 0. The number of rotatable bonds is 5. The van der Waals surface area contributed by atoms with Crippen LogP contribution >= 0.6 is 0 Å². The summed E-state index contributed by atoms with van der Waals surface area (Å²) in [5.74, 6) is 0.617. The number of nitrogens with one attached hydrogen (secondary N) is 2. The minimum absolute atomic E-state index is 0.132. The van der Waals surface area contributed by atoms with Gasteiger partial charge in [0.2, 0.25) is 5.88 Å². The number of nitrogens with zero attached hydrogens (tertiary/aromatic N) is 4. The summed E-state index contributed by atoms with van der Waals surface area (Å²) in [4.78, 5) is 12.8. The summed E-state index contributed by atoms with van der Waals surface area (Å²) in [7, 11) is 0. The topological polar surface area (TPSA) is 76.4 Å². The van der Waals surface area contributed by atoms with Crippen molar-refractivity contribution in [2.45, 2.75) is 38.0 Å². The Labute approximate surface area is 165 Å². The normalized spacial score (nSPS) is 20.0. The van der Waals surface area contributed by atoms with Crippen molar-refractivity contribution >= 4 is 11.5 Å². The third kappa shape index (κ3) is 4.76. The lowest BCUT2D eigenvalue weighted by Gasteiger charge is -2.29. The number of alkyl halides is 3. The number of ether oxygens (including phenoxy) is 1. The summed E-state index contributed by atoms with van der Waals surface area (Å²) in [5, 5.41) is 6.88. The van der Waals surface area contributed by atoms with Gasteiger partial charge in [0.1, 0.15) is 5.82 Å². The maximum atomic E-state index is 12.4. The van der Waals surface area contributed by atoms with Gasteiger partial charge in [-0.2, -0.15) is 13.2 Å². The first kappa shape index (κ1) is 19.4. The van der Waals surface area contributed by atoms with Gasteiger partial charge >= 0.3 is 6.18 Å². The smallest absolute Gasteiger partial charge is 0.422 e. The molecule has 1 fully saturated rings. The van der Waals surface area contributed by atoms with Gasteiger partial charge in [-0.15, -0.1) is 0 Å². The highest BCUT2D eigenvalue weighted by atomic mass is 19.4. The van der Waals surface area contributed by atoms with E-state index >= 15 is 0 Å². The third-order valence-electron chi connectivity index (χ3n) is 4.74. The quantitative estimate of drug-likeness (QED) is 0.677. The van der Waals surface area contributed by atoms with Gasteiger partial charge in [-0.1, -0.05) is 6.07 Å². The van der Waals surface area contributed by atoms with E-state index in [-0.39, 0.29) is 5.88 Å².